The number of amides is 1. The fourth-order valence-corrected chi connectivity index (χ4v) is 2.63. The molecule has 104 valence electrons. The Morgan fingerprint density at radius 1 is 1.35 bits per heavy atom. The van der Waals surface area contributed by atoms with Gasteiger partial charge in [-0.3, -0.25) is 9.89 Å². The van der Waals surface area contributed by atoms with E-state index in [1.807, 2.05) is 18.2 Å². The fourth-order valence-electron chi connectivity index (χ4n) is 1.84. The maximum atomic E-state index is 11.8. The normalized spacial score (nSPS) is 14.2. The van der Waals surface area contributed by atoms with Gasteiger partial charge < -0.3 is 5.32 Å². The summed E-state index contributed by atoms with van der Waals surface area (Å²) < 4.78 is 0. The molecule has 0 unspecified atom stereocenters. The SMILES string of the molecule is O=C(NCCSc1ccccc1)c1n[nH]c(C2CC2)n1. The lowest BCUT2D eigenvalue weighted by molar-refractivity contribution is 0.0946. The van der Waals surface area contributed by atoms with Crippen LogP contribution in [0.3, 0.4) is 0 Å². The molecule has 1 aromatic carbocycles. The molecule has 20 heavy (non-hydrogen) atoms. The van der Waals surface area contributed by atoms with Crippen LogP contribution in [0.4, 0.5) is 0 Å². The second-order valence-corrected chi connectivity index (χ2v) is 5.90. The molecule has 5 nitrogen and oxygen atoms in total. The summed E-state index contributed by atoms with van der Waals surface area (Å²) in [5.74, 6) is 2.19. The second kappa shape index (κ2) is 6.09. The minimum absolute atomic E-state index is 0.207. The van der Waals surface area contributed by atoms with E-state index in [1.54, 1.807) is 11.8 Å². The molecule has 1 amide bonds. The lowest BCUT2D eigenvalue weighted by Gasteiger charge is -2.02. The molecular formula is C14H16N4OS. The van der Waals surface area contributed by atoms with Crippen molar-refractivity contribution in [1.82, 2.24) is 20.5 Å². The van der Waals surface area contributed by atoms with E-state index in [0.29, 0.717) is 12.5 Å². The highest BCUT2D eigenvalue weighted by Crippen LogP contribution is 2.37. The van der Waals surface area contributed by atoms with Crippen LogP contribution in [0.1, 0.15) is 35.2 Å². The molecule has 1 heterocycles. The third-order valence-corrected chi connectivity index (χ3v) is 4.08. The topological polar surface area (TPSA) is 70.7 Å². The van der Waals surface area contributed by atoms with E-state index in [0.717, 1.165) is 24.4 Å². The summed E-state index contributed by atoms with van der Waals surface area (Å²) in [6, 6.07) is 10.1. The first-order valence-electron chi connectivity index (χ1n) is 6.71. The van der Waals surface area contributed by atoms with Crippen molar-refractivity contribution >= 4 is 17.7 Å². The van der Waals surface area contributed by atoms with Crippen molar-refractivity contribution in [2.75, 3.05) is 12.3 Å². The first kappa shape index (κ1) is 13.2. The number of rotatable bonds is 6. The van der Waals surface area contributed by atoms with Crippen LogP contribution < -0.4 is 5.32 Å². The number of hydrogen-bond donors (Lipinski definition) is 2. The monoisotopic (exact) mass is 288 g/mol. The molecule has 2 aromatic rings. The van der Waals surface area contributed by atoms with Gasteiger partial charge in [-0.2, -0.15) is 0 Å². The predicted octanol–water partition coefficient (Wildman–Crippen LogP) is 2.20. The summed E-state index contributed by atoms with van der Waals surface area (Å²) >= 11 is 1.71. The minimum atomic E-state index is -0.207. The van der Waals surface area contributed by atoms with Gasteiger partial charge in [0.1, 0.15) is 5.82 Å². The number of aromatic nitrogens is 3. The zero-order valence-electron chi connectivity index (χ0n) is 11.0. The summed E-state index contributed by atoms with van der Waals surface area (Å²) in [6.45, 7) is 0.603. The lowest BCUT2D eigenvalue weighted by atomic mass is 10.4. The molecule has 0 spiro atoms. The Balaban J connectivity index is 1.42. The van der Waals surface area contributed by atoms with E-state index in [1.165, 1.54) is 4.90 Å². The van der Waals surface area contributed by atoms with Crippen LogP contribution in [-0.4, -0.2) is 33.4 Å². The van der Waals surface area contributed by atoms with E-state index < -0.39 is 0 Å². The standard InChI is InChI=1S/C14H16N4OS/c19-14(13-16-12(17-18-13)10-6-7-10)15-8-9-20-11-4-2-1-3-5-11/h1-5,10H,6-9H2,(H,15,19)(H,16,17,18). The van der Waals surface area contributed by atoms with Gasteiger partial charge in [-0.25, -0.2) is 4.98 Å². The molecule has 0 radical (unpaired) electrons. The third kappa shape index (κ3) is 3.39. The molecule has 1 aliphatic carbocycles. The Morgan fingerprint density at radius 3 is 2.90 bits per heavy atom. The lowest BCUT2D eigenvalue weighted by Crippen LogP contribution is -2.26. The highest BCUT2D eigenvalue weighted by Gasteiger charge is 2.28. The van der Waals surface area contributed by atoms with Gasteiger partial charge >= 0.3 is 0 Å². The molecule has 0 atom stereocenters. The first-order valence-corrected chi connectivity index (χ1v) is 7.70. The summed E-state index contributed by atoms with van der Waals surface area (Å²) in [4.78, 5) is 17.3. The van der Waals surface area contributed by atoms with Gasteiger partial charge in [-0.15, -0.1) is 16.9 Å². The van der Waals surface area contributed by atoms with E-state index in [9.17, 15) is 4.79 Å². The summed E-state index contributed by atoms with van der Waals surface area (Å²) in [5, 5.41) is 9.63. The van der Waals surface area contributed by atoms with Crippen LogP contribution in [-0.2, 0) is 0 Å². The van der Waals surface area contributed by atoms with Crippen molar-refractivity contribution in [1.29, 1.82) is 0 Å². The predicted molar refractivity (Wildman–Crippen MR) is 77.9 cm³/mol. The number of nitrogens with zero attached hydrogens (tertiary/aromatic N) is 2. The fraction of sp³-hybridized carbons (Fsp3) is 0.357. The number of nitrogens with one attached hydrogen (secondary N) is 2. The van der Waals surface area contributed by atoms with Gasteiger partial charge in [-0.1, -0.05) is 18.2 Å². The van der Waals surface area contributed by atoms with Gasteiger partial charge in [0.2, 0.25) is 5.82 Å². The van der Waals surface area contributed by atoms with Crippen molar-refractivity contribution in [3.05, 3.63) is 42.0 Å². The van der Waals surface area contributed by atoms with E-state index in [4.69, 9.17) is 0 Å². The van der Waals surface area contributed by atoms with Crippen LogP contribution in [0.15, 0.2) is 35.2 Å². The van der Waals surface area contributed by atoms with Crippen LogP contribution in [0.2, 0.25) is 0 Å². The Bertz CT molecular complexity index is 580. The average Bonchev–Trinajstić information content (AvgIpc) is 3.22. The molecule has 6 heteroatoms. The number of thioether (sulfide) groups is 1. The zero-order valence-corrected chi connectivity index (χ0v) is 11.8. The molecule has 3 rings (SSSR count). The molecule has 0 saturated heterocycles. The van der Waals surface area contributed by atoms with Crippen LogP contribution in [0, 0.1) is 0 Å². The summed E-state index contributed by atoms with van der Waals surface area (Å²) in [7, 11) is 0. The maximum Gasteiger partial charge on any atom is 0.290 e. The molecule has 1 aromatic heterocycles. The van der Waals surface area contributed by atoms with Gasteiger partial charge in [0.25, 0.3) is 5.91 Å². The Hall–Kier alpha value is -1.82. The van der Waals surface area contributed by atoms with Gasteiger partial charge in [-0.05, 0) is 25.0 Å². The van der Waals surface area contributed by atoms with Crippen molar-refractivity contribution in [3.63, 3.8) is 0 Å². The van der Waals surface area contributed by atoms with Crippen molar-refractivity contribution in [3.8, 4) is 0 Å². The van der Waals surface area contributed by atoms with Gasteiger partial charge in [0, 0.05) is 23.1 Å². The largest absolute Gasteiger partial charge is 0.348 e. The van der Waals surface area contributed by atoms with Crippen molar-refractivity contribution < 1.29 is 4.79 Å². The number of carbonyl (C=O) groups excluding carboxylic acids is 1. The first-order chi connectivity index (χ1) is 9.83. The molecule has 1 aliphatic rings. The van der Waals surface area contributed by atoms with E-state index >= 15 is 0 Å². The van der Waals surface area contributed by atoms with Crippen LogP contribution >= 0.6 is 11.8 Å². The molecular weight excluding hydrogens is 272 g/mol. The molecule has 0 bridgehead atoms. The maximum absolute atomic E-state index is 11.8. The minimum Gasteiger partial charge on any atom is -0.348 e. The molecule has 1 saturated carbocycles. The van der Waals surface area contributed by atoms with Gasteiger partial charge in [0.05, 0.1) is 0 Å². The number of hydrogen-bond acceptors (Lipinski definition) is 4. The Morgan fingerprint density at radius 2 is 2.15 bits per heavy atom. The van der Waals surface area contributed by atoms with Crippen molar-refractivity contribution in [2.45, 2.75) is 23.7 Å². The Kier molecular flexibility index (Phi) is 4.01. The quantitative estimate of drug-likeness (QED) is 0.631. The summed E-state index contributed by atoms with van der Waals surface area (Å²) in [5.41, 5.74) is 0. The second-order valence-electron chi connectivity index (χ2n) is 4.74. The average molecular weight is 288 g/mol. The highest BCUT2D eigenvalue weighted by molar-refractivity contribution is 7.99. The molecule has 2 N–H and O–H groups in total. The zero-order chi connectivity index (χ0) is 13.8. The van der Waals surface area contributed by atoms with E-state index in [2.05, 4.69) is 32.6 Å². The number of carbonyl (C=O) groups is 1. The van der Waals surface area contributed by atoms with Crippen molar-refractivity contribution in [2.24, 2.45) is 0 Å². The van der Waals surface area contributed by atoms with Crippen LogP contribution in [0.5, 0.6) is 0 Å². The molecule has 0 aliphatic heterocycles. The number of aromatic amines is 1. The number of H-pyrrole nitrogens is 1. The van der Waals surface area contributed by atoms with E-state index in [-0.39, 0.29) is 11.7 Å². The highest BCUT2D eigenvalue weighted by atomic mass is 32.2. The smallest absolute Gasteiger partial charge is 0.290 e. The number of benzene rings is 1. The van der Waals surface area contributed by atoms with Gasteiger partial charge in [0.15, 0.2) is 0 Å². The third-order valence-electron chi connectivity index (χ3n) is 3.07. The summed E-state index contributed by atoms with van der Waals surface area (Å²) in [6.07, 6.45) is 2.29. The Labute approximate surface area is 121 Å². The molecule has 1 fully saturated rings. The van der Waals surface area contributed by atoms with Crippen LogP contribution in [0.25, 0.3) is 0 Å².